The lowest BCUT2D eigenvalue weighted by Gasteiger charge is -2.17. The van der Waals surface area contributed by atoms with Gasteiger partial charge in [-0.2, -0.15) is 0 Å². The molecular weight excluding hydrogens is 447 g/mol. The van der Waals surface area contributed by atoms with E-state index < -0.39 is 6.10 Å². The van der Waals surface area contributed by atoms with Crippen LogP contribution >= 0.6 is 23.2 Å². The zero-order chi connectivity index (χ0) is 23.0. The highest BCUT2D eigenvalue weighted by molar-refractivity contribution is 6.35. The molecule has 0 unspecified atom stereocenters. The molecule has 1 amide bonds. The number of hydrogen-bond acceptors (Lipinski definition) is 4. The molecule has 0 fully saturated rings. The summed E-state index contributed by atoms with van der Waals surface area (Å²) < 4.78 is 11.7. The number of anilines is 1. The Morgan fingerprint density at radius 2 is 1.75 bits per heavy atom. The summed E-state index contributed by atoms with van der Waals surface area (Å²) in [6.07, 6.45) is -0.771. The van der Waals surface area contributed by atoms with Crippen LogP contribution in [0.1, 0.15) is 23.6 Å². The summed E-state index contributed by atoms with van der Waals surface area (Å²) in [6.45, 7) is 7.66. The van der Waals surface area contributed by atoms with Crippen molar-refractivity contribution in [2.45, 2.75) is 33.8 Å². The number of nitrogens with zero attached hydrogens (tertiary/aromatic N) is 1. The Morgan fingerprint density at radius 1 is 1.00 bits per heavy atom. The van der Waals surface area contributed by atoms with Gasteiger partial charge >= 0.3 is 0 Å². The van der Waals surface area contributed by atoms with Crippen molar-refractivity contribution >= 4 is 45.9 Å². The number of amides is 1. The minimum Gasteiger partial charge on any atom is -0.479 e. The summed E-state index contributed by atoms with van der Waals surface area (Å²) in [4.78, 5) is 17.4. The smallest absolute Gasteiger partial charge is 0.265 e. The lowest BCUT2D eigenvalue weighted by atomic mass is 10.1. The number of ether oxygens (including phenoxy) is 1. The van der Waals surface area contributed by atoms with E-state index in [-0.39, 0.29) is 5.91 Å². The van der Waals surface area contributed by atoms with E-state index in [1.165, 1.54) is 0 Å². The number of oxazole rings is 1. The van der Waals surface area contributed by atoms with Gasteiger partial charge in [-0.05, 0) is 86.8 Å². The van der Waals surface area contributed by atoms with Crippen molar-refractivity contribution in [2.75, 3.05) is 5.32 Å². The van der Waals surface area contributed by atoms with Crippen LogP contribution in [0.2, 0.25) is 10.0 Å². The number of carbonyl (C=O) groups excluding carboxylic acids is 1. The Morgan fingerprint density at radius 3 is 2.50 bits per heavy atom. The second-order valence-corrected chi connectivity index (χ2v) is 8.62. The predicted octanol–water partition coefficient (Wildman–Crippen LogP) is 7.13. The van der Waals surface area contributed by atoms with E-state index in [1.807, 2.05) is 51.1 Å². The second-order valence-electron chi connectivity index (χ2n) is 7.78. The van der Waals surface area contributed by atoms with Crippen molar-refractivity contribution < 1.29 is 13.9 Å². The maximum absolute atomic E-state index is 12.8. The maximum atomic E-state index is 12.8. The second kappa shape index (κ2) is 8.85. The predicted molar refractivity (Wildman–Crippen MR) is 129 cm³/mol. The van der Waals surface area contributed by atoms with Gasteiger partial charge in [-0.15, -0.1) is 0 Å². The van der Waals surface area contributed by atoms with Crippen LogP contribution in [-0.4, -0.2) is 17.0 Å². The normalized spacial score (nSPS) is 12.1. The molecule has 4 aromatic rings. The first kappa shape index (κ1) is 22.2. The zero-order valence-corrected chi connectivity index (χ0v) is 19.6. The van der Waals surface area contributed by atoms with Gasteiger partial charge in [0.1, 0.15) is 11.3 Å². The molecule has 32 heavy (non-hydrogen) atoms. The molecule has 0 aliphatic heterocycles. The van der Waals surface area contributed by atoms with Gasteiger partial charge in [0, 0.05) is 16.3 Å². The fourth-order valence-corrected chi connectivity index (χ4v) is 3.70. The van der Waals surface area contributed by atoms with E-state index in [2.05, 4.69) is 10.3 Å². The van der Waals surface area contributed by atoms with Crippen LogP contribution in [0.4, 0.5) is 5.69 Å². The van der Waals surface area contributed by atoms with E-state index >= 15 is 0 Å². The average Bonchev–Trinajstić information content (AvgIpc) is 3.14. The third-order valence-electron chi connectivity index (χ3n) is 5.31. The summed E-state index contributed by atoms with van der Waals surface area (Å²) in [7, 11) is 0. The van der Waals surface area contributed by atoms with Gasteiger partial charge in [-0.1, -0.05) is 29.3 Å². The molecule has 164 valence electrons. The van der Waals surface area contributed by atoms with Gasteiger partial charge < -0.3 is 14.5 Å². The van der Waals surface area contributed by atoms with Crippen LogP contribution in [0.5, 0.6) is 5.75 Å². The summed E-state index contributed by atoms with van der Waals surface area (Å²) in [5.41, 5.74) is 6.16. The molecule has 3 aromatic carbocycles. The lowest BCUT2D eigenvalue weighted by Crippen LogP contribution is -2.30. The molecule has 5 nitrogen and oxygen atoms in total. The van der Waals surface area contributed by atoms with Crippen LogP contribution in [0, 0.1) is 20.8 Å². The van der Waals surface area contributed by atoms with Crippen molar-refractivity contribution in [1.82, 2.24) is 4.98 Å². The quantitative estimate of drug-likeness (QED) is 0.338. The standard InChI is InChI=1S/C25H22Cl2N2O3/c1-13-5-6-17(25-29-21-9-14(2)15(3)10-23(21)32-25)11-20(13)28-24(30)16(4)31-22-8-7-18(26)12-19(22)27/h5-12,16H,1-4H3,(H,28,30)/t16-/m0/s1. The van der Waals surface area contributed by atoms with Crippen LogP contribution in [0.25, 0.3) is 22.6 Å². The fourth-order valence-electron chi connectivity index (χ4n) is 3.24. The fraction of sp³-hybridized carbons (Fsp3) is 0.200. The number of halogens is 2. The Bertz CT molecular complexity index is 1290. The number of carbonyl (C=O) groups is 1. The molecule has 4 rings (SSSR count). The molecule has 0 spiro atoms. The molecular formula is C25H22Cl2N2O3. The van der Waals surface area contributed by atoms with E-state index in [1.54, 1.807) is 25.1 Å². The SMILES string of the molecule is Cc1cc2nc(-c3ccc(C)c(NC(=O)[C@H](C)Oc4ccc(Cl)cc4Cl)c3)oc2cc1C. The van der Waals surface area contributed by atoms with E-state index in [9.17, 15) is 4.79 Å². The van der Waals surface area contributed by atoms with Crippen LogP contribution in [-0.2, 0) is 4.79 Å². The van der Waals surface area contributed by atoms with Crippen molar-refractivity contribution in [1.29, 1.82) is 0 Å². The molecule has 1 atom stereocenters. The molecule has 0 aliphatic carbocycles. The molecule has 7 heteroatoms. The first-order valence-electron chi connectivity index (χ1n) is 10.1. The molecule has 1 N–H and O–H groups in total. The average molecular weight is 469 g/mol. The number of benzene rings is 3. The van der Waals surface area contributed by atoms with Gasteiger partial charge in [-0.3, -0.25) is 4.79 Å². The van der Waals surface area contributed by atoms with E-state index in [0.29, 0.717) is 27.4 Å². The third-order valence-corrected chi connectivity index (χ3v) is 5.84. The summed E-state index contributed by atoms with van der Waals surface area (Å²) in [6, 6.07) is 14.5. The Labute approximate surface area is 196 Å². The first-order valence-corrected chi connectivity index (χ1v) is 10.9. The first-order chi connectivity index (χ1) is 15.2. The Balaban J connectivity index is 1.55. The van der Waals surface area contributed by atoms with Crippen molar-refractivity contribution in [3.05, 3.63) is 75.3 Å². The third kappa shape index (κ3) is 4.59. The number of hydrogen-bond donors (Lipinski definition) is 1. The van der Waals surface area contributed by atoms with E-state index in [0.717, 1.165) is 33.4 Å². The Kier molecular flexibility index (Phi) is 6.13. The molecule has 1 aromatic heterocycles. The number of rotatable bonds is 5. The molecule has 0 saturated heterocycles. The summed E-state index contributed by atoms with van der Waals surface area (Å²) in [5.74, 6) is 0.582. The van der Waals surface area contributed by atoms with Crippen molar-refractivity contribution in [2.24, 2.45) is 0 Å². The molecule has 0 bridgehead atoms. The minimum atomic E-state index is -0.771. The molecule has 0 aliphatic rings. The largest absolute Gasteiger partial charge is 0.479 e. The van der Waals surface area contributed by atoms with Crippen LogP contribution in [0.15, 0.2) is 52.9 Å². The highest BCUT2D eigenvalue weighted by Gasteiger charge is 2.18. The topological polar surface area (TPSA) is 64.4 Å². The van der Waals surface area contributed by atoms with Crippen molar-refractivity contribution in [3.63, 3.8) is 0 Å². The van der Waals surface area contributed by atoms with E-state index in [4.69, 9.17) is 32.4 Å². The summed E-state index contributed by atoms with van der Waals surface area (Å²) in [5, 5.41) is 3.76. The van der Waals surface area contributed by atoms with Crippen LogP contribution in [0.3, 0.4) is 0 Å². The monoisotopic (exact) mass is 468 g/mol. The number of fused-ring (bicyclic) bond motifs is 1. The molecule has 0 saturated carbocycles. The maximum Gasteiger partial charge on any atom is 0.265 e. The number of aromatic nitrogens is 1. The molecule has 1 heterocycles. The van der Waals surface area contributed by atoms with Gasteiger partial charge in [0.2, 0.25) is 5.89 Å². The van der Waals surface area contributed by atoms with Crippen LogP contribution < -0.4 is 10.1 Å². The zero-order valence-electron chi connectivity index (χ0n) is 18.1. The van der Waals surface area contributed by atoms with Crippen molar-refractivity contribution in [3.8, 4) is 17.2 Å². The highest BCUT2D eigenvalue weighted by atomic mass is 35.5. The minimum absolute atomic E-state index is 0.305. The Hall–Kier alpha value is -3.02. The van der Waals surface area contributed by atoms with Gasteiger partial charge in [0.15, 0.2) is 11.7 Å². The lowest BCUT2D eigenvalue weighted by molar-refractivity contribution is -0.122. The number of aryl methyl sites for hydroxylation is 3. The summed E-state index contributed by atoms with van der Waals surface area (Å²) >= 11 is 12.1. The molecule has 0 radical (unpaired) electrons. The number of nitrogens with one attached hydrogen (secondary N) is 1. The van der Waals surface area contributed by atoms with Gasteiger partial charge in [-0.25, -0.2) is 4.98 Å². The highest BCUT2D eigenvalue weighted by Crippen LogP contribution is 2.30. The van der Waals surface area contributed by atoms with Gasteiger partial charge in [0.25, 0.3) is 5.91 Å². The van der Waals surface area contributed by atoms with Gasteiger partial charge in [0.05, 0.1) is 5.02 Å².